The van der Waals surface area contributed by atoms with Gasteiger partial charge in [0.2, 0.25) is 5.91 Å². The number of carbonyl (C=O) groups is 1. The fourth-order valence-corrected chi connectivity index (χ4v) is 2.17. The number of hydrogen-bond acceptors (Lipinski definition) is 2. The highest BCUT2D eigenvalue weighted by Gasteiger charge is 2.21. The highest BCUT2D eigenvalue weighted by atomic mass is 32.2. The van der Waals surface area contributed by atoms with E-state index in [0.717, 1.165) is 6.42 Å². The van der Waals surface area contributed by atoms with Crippen molar-refractivity contribution < 1.29 is 4.79 Å². The molecule has 1 fully saturated rings. The van der Waals surface area contributed by atoms with Gasteiger partial charge in [-0.05, 0) is 12.3 Å². The van der Waals surface area contributed by atoms with Crippen molar-refractivity contribution in [2.24, 2.45) is 5.92 Å². The Kier molecular flexibility index (Phi) is 2.60. The molecule has 1 rings (SSSR count). The molecule has 0 bridgehead atoms. The molecule has 1 heterocycles. The van der Waals surface area contributed by atoms with Gasteiger partial charge in [0, 0.05) is 0 Å². The monoisotopic (exact) mass is 159 g/mol. The standard InChI is InChI=1S/C7H13NOS/c1-5(2)3-7-8-6(9)4-10-7/h5,7H,3-4H2,1-2H3,(H,8,9). The van der Waals surface area contributed by atoms with E-state index in [1.807, 2.05) is 0 Å². The molecule has 3 heteroatoms. The molecule has 1 aliphatic rings. The van der Waals surface area contributed by atoms with E-state index >= 15 is 0 Å². The van der Waals surface area contributed by atoms with Gasteiger partial charge in [0.05, 0.1) is 11.1 Å². The summed E-state index contributed by atoms with van der Waals surface area (Å²) in [6.07, 6.45) is 1.09. The van der Waals surface area contributed by atoms with Gasteiger partial charge in [0.15, 0.2) is 0 Å². The van der Waals surface area contributed by atoms with Gasteiger partial charge in [-0.25, -0.2) is 0 Å². The van der Waals surface area contributed by atoms with Crippen molar-refractivity contribution in [2.45, 2.75) is 25.6 Å². The lowest BCUT2D eigenvalue weighted by Crippen LogP contribution is -2.25. The largest absolute Gasteiger partial charge is 0.344 e. The van der Waals surface area contributed by atoms with Crippen LogP contribution in [0.25, 0.3) is 0 Å². The van der Waals surface area contributed by atoms with E-state index in [-0.39, 0.29) is 5.91 Å². The Morgan fingerprint density at radius 1 is 1.80 bits per heavy atom. The molecular formula is C7H13NOS. The normalized spacial score (nSPS) is 25.5. The van der Waals surface area contributed by atoms with Crippen LogP contribution in [0.3, 0.4) is 0 Å². The Labute approximate surface area is 65.8 Å². The second-order valence-corrected chi connectivity index (χ2v) is 4.19. The van der Waals surface area contributed by atoms with Crippen LogP contribution in [0, 0.1) is 5.92 Å². The maximum absolute atomic E-state index is 10.7. The molecule has 0 aromatic carbocycles. The van der Waals surface area contributed by atoms with Crippen LogP contribution in [0.1, 0.15) is 20.3 Å². The number of nitrogens with one attached hydrogen (secondary N) is 1. The summed E-state index contributed by atoms with van der Waals surface area (Å²) in [6.45, 7) is 4.34. The maximum Gasteiger partial charge on any atom is 0.230 e. The predicted octanol–water partition coefficient (Wildman–Crippen LogP) is 1.22. The molecule has 2 nitrogen and oxygen atoms in total. The summed E-state index contributed by atoms with van der Waals surface area (Å²) >= 11 is 1.72. The molecule has 1 aliphatic heterocycles. The molecule has 1 unspecified atom stereocenters. The van der Waals surface area contributed by atoms with E-state index in [1.165, 1.54) is 0 Å². The Hall–Kier alpha value is -0.180. The average molecular weight is 159 g/mol. The molecule has 0 radical (unpaired) electrons. The summed E-state index contributed by atoms with van der Waals surface area (Å²) in [4.78, 5) is 10.7. The van der Waals surface area contributed by atoms with Gasteiger partial charge in [-0.2, -0.15) is 0 Å². The van der Waals surface area contributed by atoms with Crippen LogP contribution in [-0.2, 0) is 4.79 Å². The fraction of sp³-hybridized carbons (Fsp3) is 0.857. The number of thioether (sulfide) groups is 1. The van der Waals surface area contributed by atoms with Gasteiger partial charge in [-0.1, -0.05) is 13.8 Å². The minimum atomic E-state index is 0.190. The maximum atomic E-state index is 10.7. The van der Waals surface area contributed by atoms with Gasteiger partial charge in [0.25, 0.3) is 0 Å². The third-order valence-corrected chi connectivity index (χ3v) is 2.56. The third kappa shape index (κ3) is 2.21. The molecule has 0 aromatic heterocycles. The molecule has 1 saturated heterocycles. The van der Waals surface area contributed by atoms with E-state index < -0.39 is 0 Å². The number of rotatable bonds is 2. The van der Waals surface area contributed by atoms with Crippen LogP contribution in [0.4, 0.5) is 0 Å². The van der Waals surface area contributed by atoms with Gasteiger partial charge in [0.1, 0.15) is 0 Å². The van der Waals surface area contributed by atoms with Crippen molar-refractivity contribution in [3.8, 4) is 0 Å². The molecule has 0 spiro atoms. The first-order chi connectivity index (χ1) is 4.68. The first-order valence-corrected chi connectivity index (χ1v) is 4.64. The van der Waals surface area contributed by atoms with Crippen molar-refractivity contribution in [3.63, 3.8) is 0 Å². The summed E-state index contributed by atoms with van der Waals surface area (Å²) in [5.74, 6) is 1.52. The van der Waals surface area contributed by atoms with Crippen LogP contribution >= 0.6 is 11.8 Å². The van der Waals surface area contributed by atoms with Gasteiger partial charge in [-0.3, -0.25) is 4.79 Å². The number of amides is 1. The predicted molar refractivity (Wildman–Crippen MR) is 43.8 cm³/mol. The third-order valence-electron chi connectivity index (χ3n) is 1.42. The Bertz CT molecular complexity index is 136. The van der Waals surface area contributed by atoms with Crippen LogP contribution in [-0.4, -0.2) is 17.0 Å². The fourth-order valence-electron chi connectivity index (χ4n) is 0.994. The smallest absolute Gasteiger partial charge is 0.230 e. The minimum absolute atomic E-state index is 0.190. The molecule has 0 aliphatic carbocycles. The number of hydrogen-bond donors (Lipinski definition) is 1. The molecule has 1 N–H and O–H groups in total. The van der Waals surface area contributed by atoms with Gasteiger partial charge < -0.3 is 5.32 Å². The van der Waals surface area contributed by atoms with Crippen molar-refractivity contribution in [2.75, 3.05) is 5.75 Å². The van der Waals surface area contributed by atoms with Crippen molar-refractivity contribution in [1.82, 2.24) is 5.32 Å². The topological polar surface area (TPSA) is 29.1 Å². The van der Waals surface area contributed by atoms with Gasteiger partial charge in [-0.15, -0.1) is 11.8 Å². The van der Waals surface area contributed by atoms with Crippen molar-refractivity contribution in [1.29, 1.82) is 0 Å². The second-order valence-electron chi connectivity index (χ2n) is 3.00. The highest BCUT2D eigenvalue weighted by molar-refractivity contribution is 8.01. The minimum Gasteiger partial charge on any atom is -0.344 e. The van der Waals surface area contributed by atoms with E-state index in [4.69, 9.17) is 0 Å². The lowest BCUT2D eigenvalue weighted by atomic mass is 10.1. The Morgan fingerprint density at radius 2 is 2.50 bits per heavy atom. The summed E-state index contributed by atoms with van der Waals surface area (Å²) in [5, 5.41) is 3.29. The number of carbonyl (C=O) groups excluding carboxylic acids is 1. The van der Waals surface area contributed by atoms with Crippen molar-refractivity contribution >= 4 is 17.7 Å². The molecule has 58 valence electrons. The zero-order valence-corrected chi connectivity index (χ0v) is 7.20. The molecule has 1 amide bonds. The lowest BCUT2D eigenvalue weighted by molar-refractivity contribution is -0.118. The Morgan fingerprint density at radius 3 is 2.90 bits per heavy atom. The van der Waals surface area contributed by atoms with Crippen LogP contribution in [0.15, 0.2) is 0 Å². The van der Waals surface area contributed by atoms with Crippen LogP contribution < -0.4 is 5.32 Å². The average Bonchev–Trinajstić information content (AvgIpc) is 2.13. The first kappa shape index (κ1) is 7.92. The lowest BCUT2D eigenvalue weighted by Gasteiger charge is -2.10. The molecular weight excluding hydrogens is 146 g/mol. The summed E-state index contributed by atoms with van der Waals surface area (Å²) in [6, 6.07) is 0. The molecule has 1 atom stereocenters. The SMILES string of the molecule is CC(C)CC1NC(=O)CS1. The zero-order chi connectivity index (χ0) is 7.56. The summed E-state index contributed by atoms with van der Waals surface area (Å²) in [7, 11) is 0. The van der Waals surface area contributed by atoms with Crippen LogP contribution in [0.2, 0.25) is 0 Å². The quantitative estimate of drug-likeness (QED) is 0.656. The molecule has 10 heavy (non-hydrogen) atoms. The van der Waals surface area contributed by atoms with Crippen LogP contribution in [0.5, 0.6) is 0 Å². The van der Waals surface area contributed by atoms with E-state index in [2.05, 4.69) is 19.2 Å². The summed E-state index contributed by atoms with van der Waals surface area (Å²) in [5.41, 5.74) is 0. The van der Waals surface area contributed by atoms with E-state index in [1.54, 1.807) is 11.8 Å². The van der Waals surface area contributed by atoms with E-state index in [9.17, 15) is 4.79 Å². The molecule has 0 saturated carbocycles. The highest BCUT2D eigenvalue weighted by Crippen LogP contribution is 2.20. The van der Waals surface area contributed by atoms with E-state index in [0.29, 0.717) is 17.0 Å². The summed E-state index contributed by atoms with van der Waals surface area (Å²) < 4.78 is 0. The Balaban J connectivity index is 2.24. The van der Waals surface area contributed by atoms with Gasteiger partial charge >= 0.3 is 0 Å². The second kappa shape index (κ2) is 3.28. The first-order valence-electron chi connectivity index (χ1n) is 3.59. The van der Waals surface area contributed by atoms with Crippen molar-refractivity contribution in [3.05, 3.63) is 0 Å². The molecule has 0 aromatic rings. The zero-order valence-electron chi connectivity index (χ0n) is 6.39.